The van der Waals surface area contributed by atoms with Crippen LogP contribution in [-0.4, -0.2) is 57.6 Å². The molecule has 0 aliphatic carbocycles. The maximum absolute atomic E-state index is 11.8. The van der Waals surface area contributed by atoms with E-state index >= 15 is 0 Å². The molecule has 1 unspecified atom stereocenters. The Labute approximate surface area is 109 Å². The first-order chi connectivity index (χ1) is 8.87. The molecular formula is C11H19F3N2O3. The van der Waals surface area contributed by atoms with Crippen molar-refractivity contribution in [3.05, 3.63) is 0 Å². The molecule has 1 amide bonds. The highest BCUT2D eigenvalue weighted by molar-refractivity contribution is 5.77. The zero-order chi connectivity index (χ0) is 14.4. The molecule has 1 aliphatic rings. The second-order valence-corrected chi connectivity index (χ2v) is 4.63. The highest BCUT2D eigenvalue weighted by Gasteiger charge is 2.34. The molecule has 1 saturated heterocycles. The summed E-state index contributed by atoms with van der Waals surface area (Å²) in [6, 6.07) is 0. The van der Waals surface area contributed by atoms with Gasteiger partial charge < -0.3 is 20.1 Å². The van der Waals surface area contributed by atoms with Crippen LogP contribution in [0.15, 0.2) is 0 Å². The predicted octanol–water partition coefficient (Wildman–Crippen LogP) is 0.450. The summed E-state index contributed by atoms with van der Waals surface area (Å²) in [6.07, 6.45) is -2.58. The van der Waals surface area contributed by atoms with Gasteiger partial charge in [0.15, 0.2) is 0 Å². The summed E-state index contributed by atoms with van der Waals surface area (Å²) in [7, 11) is 1.57. The van der Waals surface area contributed by atoms with Crippen molar-refractivity contribution in [1.82, 2.24) is 10.6 Å². The van der Waals surface area contributed by atoms with Crippen LogP contribution in [0, 0.1) is 0 Å². The van der Waals surface area contributed by atoms with Crippen LogP contribution in [0.1, 0.15) is 12.8 Å². The van der Waals surface area contributed by atoms with Crippen molar-refractivity contribution < 1.29 is 27.4 Å². The number of rotatable bonds is 7. The average Bonchev–Trinajstić information content (AvgIpc) is 2.74. The van der Waals surface area contributed by atoms with Crippen LogP contribution < -0.4 is 10.6 Å². The lowest BCUT2D eigenvalue weighted by atomic mass is 9.99. The monoisotopic (exact) mass is 284 g/mol. The summed E-state index contributed by atoms with van der Waals surface area (Å²) in [5.41, 5.74) is -0.325. The molecule has 8 heteroatoms. The third-order valence-corrected chi connectivity index (χ3v) is 2.88. The van der Waals surface area contributed by atoms with Crippen LogP contribution in [0.25, 0.3) is 0 Å². The lowest BCUT2D eigenvalue weighted by molar-refractivity contribution is -0.175. The molecule has 1 heterocycles. The van der Waals surface area contributed by atoms with E-state index in [0.29, 0.717) is 13.2 Å². The van der Waals surface area contributed by atoms with E-state index in [-0.39, 0.29) is 5.54 Å². The number of methoxy groups -OCH3 is 1. The topological polar surface area (TPSA) is 59.6 Å². The van der Waals surface area contributed by atoms with Crippen molar-refractivity contribution in [3.8, 4) is 0 Å². The Bertz CT molecular complexity index is 291. The zero-order valence-corrected chi connectivity index (χ0v) is 10.8. The van der Waals surface area contributed by atoms with Gasteiger partial charge in [0.05, 0.1) is 12.1 Å². The van der Waals surface area contributed by atoms with Gasteiger partial charge in [0.2, 0.25) is 5.91 Å². The Morgan fingerprint density at radius 1 is 1.47 bits per heavy atom. The number of amides is 1. The second-order valence-electron chi connectivity index (χ2n) is 4.63. The minimum absolute atomic E-state index is 0.315. The minimum Gasteiger partial charge on any atom is -0.383 e. The van der Waals surface area contributed by atoms with Crippen molar-refractivity contribution in [1.29, 1.82) is 0 Å². The quantitative estimate of drug-likeness (QED) is 0.712. The van der Waals surface area contributed by atoms with Crippen molar-refractivity contribution >= 4 is 5.91 Å². The summed E-state index contributed by atoms with van der Waals surface area (Å²) in [6.45, 7) is -0.417. The molecule has 2 N–H and O–H groups in total. The van der Waals surface area contributed by atoms with E-state index in [9.17, 15) is 18.0 Å². The lowest BCUT2D eigenvalue weighted by Gasteiger charge is -2.28. The maximum Gasteiger partial charge on any atom is 0.411 e. The Balaban J connectivity index is 2.25. The molecule has 1 fully saturated rings. The molecule has 0 radical (unpaired) electrons. The van der Waals surface area contributed by atoms with Gasteiger partial charge in [-0.25, -0.2) is 0 Å². The maximum atomic E-state index is 11.8. The predicted molar refractivity (Wildman–Crippen MR) is 61.7 cm³/mol. The van der Waals surface area contributed by atoms with Crippen molar-refractivity contribution in [2.75, 3.05) is 40.0 Å². The second kappa shape index (κ2) is 7.06. The van der Waals surface area contributed by atoms with Gasteiger partial charge in [0, 0.05) is 13.7 Å². The summed E-state index contributed by atoms with van der Waals surface area (Å²) in [5, 5.41) is 5.81. The number of halogens is 3. The molecule has 0 aromatic rings. The largest absolute Gasteiger partial charge is 0.411 e. The van der Waals surface area contributed by atoms with E-state index in [1.54, 1.807) is 7.11 Å². The Hall–Kier alpha value is -0.860. The third-order valence-electron chi connectivity index (χ3n) is 2.88. The van der Waals surface area contributed by atoms with Gasteiger partial charge in [-0.2, -0.15) is 13.2 Å². The van der Waals surface area contributed by atoms with E-state index in [2.05, 4.69) is 15.4 Å². The molecule has 0 bridgehead atoms. The zero-order valence-electron chi connectivity index (χ0n) is 10.8. The number of ether oxygens (including phenoxy) is 2. The molecule has 0 aromatic heterocycles. The molecule has 1 rings (SSSR count). The first kappa shape index (κ1) is 16.2. The minimum atomic E-state index is -4.41. The standard InChI is InChI=1S/C11H19F3N2O3/c1-18-7-10(3-2-4-16-10)6-15-9(17)5-19-8-11(12,13)14/h16H,2-8H2,1H3,(H,15,17). The first-order valence-electron chi connectivity index (χ1n) is 6.02. The number of carbonyl (C=O) groups is 1. The highest BCUT2D eigenvalue weighted by Crippen LogP contribution is 2.18. The van der Waals surface area contributed by atoms with Crippen molar-refractivity contribution in [2.24, 2.45) is 0 Å². The average molecular weight is 284 g/mol. The highest BCUT2D eigenvalue weighted by atomic mass is 19.4. The summed E-state index contributed by atoms with van der Waals surface area (Å²) in [5.74, 6) is -0.562. The SMILES string of the molecule is COCC1(CNC(=O)COCC(F)(F)F)CCCN1. The van der Waals surface area contributed by atoms with Gasteiger partial charge in [-0.3, -0.25) is 4.79 Å². The van der Waals surface area contributed by atoms with Crippen LogP contribution in [0.2, 0.25) is 0 Å². The van der Waals surface area contributed by atoms with Crippen LogP contribution in [0.5, 0.6) is 0 Å². The van der Waals surface area contributed by atoms with Gasteiger partial charge in [-0.1, -0.05) is 0 Å². The smallest absolute Gasteiger partial charge is 0.383 e. The molecule has 0 spiro atoms. The summed E-state index contributed by atoms with van der Waals surface area (Å²) < 4.78 is 44.8. The number of hydrogen-bond acceptors (Lipinski definition) is 4. The fourth-order valence-corrected chi connectivity index (χ4v) is 2.05. The fraction of sp³-hybridized carbons (Fsp3) is 0.909. The van der Waals surface area contributed by atoms with Gasteiger partial charge in [-0.05, 0) is 19.4 Å². The number of nitrogens with one attached hydrogen (secondary N) is 2. The Morgan fingerprint density at radius 3 is 2.74 bits per heavy atom. The molecule has 5 nitrogen and oxygen atoms in total. The van der Waals surface area contributed by atoms with E-state index in [4.69, 9.17) is 4.74 Å². The molecule has 1 aliphatic heterocycles. The fourth-order valence-electron chi connectivity index (χ4n) is 2.05. The van der Waals surface area contributed by atoms with Crippen LogP contribution in [-0.2, 0) is 14.3 Å². The van der Waals surface area contributed by atoms with Gasteiger partial charge >= 0.3 is 6.18 Å². The van der Waals surface area contributed by atoms with Gasteiger partial charge in [0.25, 0.3) is 0 Å². The summed E-state index contributed by atoms with van der Waals surface area (Å²) in [4.78, 5) is 11.4. The number of alkyl halides is 3. The Morgan fingerprint density at radius 2 is 2.21 bits per heavy atom. The van der Waals surface area contributed by atoms with Gasteiger partial charge in [-0.15, -0.1) is 0 Å². The summed E-state index contributed by atoms with van der Waals surface area (Å²) >= 11 is 0. The third kappa shape index (κ3) is 6.22. The van der Waals surface area contributed by atoms with Crippen LogP contribution >= 0.6 is 0 Å². The van der Waals surface area contributed by atoms with E-state index in [1.807, 2.05) is 0 Å². The van der Waals surface area contributed by atoms with Crippen molar-refractivity contribution in [3.63, 3.8) is 0 Å². The Kier molecular flexibility index (Phi) is 6.02. The van der Waals surface area contributed by atoms with E-state index in [0.717, 1.165) is 19.4 Å². The molecule has 1 atom stereocenters. The van der Waals surface area contributed by atoms with Crippen LogP contribution in [0.3, 0.4) is 0 Å². The molecular weight excluding hydrogens is 265 g/mol. The number of carbonyl (C=O) groups excluding carboxylic acids is 1. The van der Waals surface area contributed by atoms with Gasteiger partial charge in [0.1, 0.15) is 13.2 Å². The molecule has 19 heavy (non-hydrogen) atoms. The normalized spacial score (nSPS) is 23.6. The lowest BCUT2D eigenvalue weighted by Crippen LogP contribution is -2.53. The molecule has 0 aromatic carbocycles. The van der Waals surface area contributed by atoms with Crippen LogP contribution in [0.4, 0.5) is 13.2 Å². The molecule has 0 saturated carbocycles. The van der Waals surface area contributed by atoms with E-state index < -0.39 is 25.3 Å². The molecule has 112 valence electrons. The first-order valence-corrected chi connectivity index (χ1v) is 6.02. The van der Waals surface area contributed by atoms with E-state index in [1.165, 1.54) is 0 Å². The van der Waals surface area contributed by atoms with Crippen molar-refractivity contribution in [2.45, 2.75) is 24.6 Å². The number of hydrogen-bond donors (Lipinski definition) is 2.